The maximum atomic E-state index is 14.7. The van der Waals surface area contributed by atoms with Gasteiger partial charge in [-0.25, -0.2) is 0 Å². The van der Waals surface area contributed by atoms with Crippen LogP contribution < -0.4 is 4.90 Å². The largest absolute Gasteiger partial charge is 0.313 e. The van der Waals surface area contributed by atoms with Gasteiger partial charge in [-0.3, -0.25) is 9.59 Å². The fourth-order valence-corrected chi connectivity index (χ4v) is 5.98. The molecule has 1 aliphatic carbocycles. The molecule has 0 radical (unpaired) electrons. The van der Waals surface area contributed by atoms with Crippen molar-refractivity contribution in [2.24, 2.45) is 0 Å². The van der Waals surface area contributed by atoms with Gasteiger partial charge in [0, 0.05) is 12.6 Å². The number of Topliss-reactive ketones (excluding diaryl/α,β-unsaturated/α-hetero) is 1. The number of anilines is 1. The average Bonchev–Trinajstić information content (AvgIpc) is 3.19. The summed E-state index contributed by atoms with van der Waals surface area (Å²) in [6.45, 7) is 4.10. The second kappa shape index (κ2) is 7.64. The molecule has 0 N–H and O–H groups in total. The van der Waals surface area contributed by atoms with E-state index in [2.05, 4.69) is 25.1 Å². The van der Waals surface area contributed by atoms with Gasteiger partial charge in [0.25, 0.3) is 0 Å². The number of hydrogen-bond acceptors (Lipinski definition) is 2. The average molecular weight is 456 g/mol. The summed E-state index contributed by atoms with van der Waals surface area (Å²) in [5, 5.41) is 0. The molecule has 0 saturated heterocycles. The first-order valence-electron chi connectivity index (χ1n) is 11.9. The molecule has 35 heavy (non-hydrogen) atoms. The normalized spacial score (nSPS) is 18.8. The van der Waals surface area contributed by atoms with Crippen LogP contribution in [0.1, 0.15) is 43.7 Å². The van der Waals surface area contributed by atoms with Crippen LogP contribution >= 0.6 is 0 Å². The van der Waals surface area contributed by atoms with Crippen LogP contribution in [-0.2, 0) is 10.2 Å². The fourth-order valence-electron chi connectivity index (χ4n) is 5.98. The molecule has 1 unspecified atom stereocenters. The van der Waals surface area contributed by atoms with Crippen molar-refractivity contribution in [1.82, 2.24) is 0 Å². The van der Waals surface area contributed by atoms with E-state index in [0.717, 1.165) is 44.5 Å². The van der Waals surface area contributed by atoms with Gasteiger partial charge < -0.3 is 4.90 Å². The Morgan fingerprint density at radius 1 is 0.714 bits per heavy atom. The van der Waals surface area contributed by atoms with Crippen molar-refractivity contribution in [2.75, 3.05) is 11.9 Å². The highest BCUT2D eigenvalue weighted by Gasteiger charge is 2.61. The number of aryl methyl sites for hydroxylation is 2. The number of para-hydroxylation sites is 1. The van der Waals surface area contributed by atoms with E-state index in [0.29, 0.717) is 11.3 Å². The molecule has 6 rings (SSSR count). The van der Waals surface area contributed by atoms with E-state index in [1.165, 1.54) is 0 Å². The molecule has 1 aliphatic heterocycles. The number of carbonyl (C=O) groups excluding carboxylic acids is 2. The first-order chi connectivity index (χ1) is 17.0. The molecule has 0 saturated carbocycles. The molecule has 4 aromatic rings. The smallest absolute Gasteiger partial charge is 0.249 e. The Bertz CT molecular complexity index is 1550. The summed E-state index contributed by atoms with van der Waals surface area (Å²) < 4.78 is 0. The first kappa shape index (κ1) is 21.3. The Hall–Kier alpha value is -4.24. The van der Waals surface area contributed by atoms with Gasteiger partial charge in [0.2, 0.25) is 5.91 Å². The highest BCUT2D eigenvalue weighted by molar-refractivity contribution is 6.39. The lowest BCUT2D eigenvalue weighted by Crippen LogP contribution is -2.54. The Morgan fingerprint density at radius 3 is 2.00 bits per heavy atom. The second-order valence-electron chi connectivity index (χ2n) is 9.45. The number of hydrogen-bond donors (Lipinski definition) is 0. The number of carbonyl (C=O) groups is 2. The molecular weight excluding hydrogens is 430 g/mol. The summed E-state index contributed by atoms with van der Waals surface area (Å²) >= 11 is 0. The van der Waals surface area contributed by atoms with Crippen molar-refractivity contribution < 1.29 is 9.59 Å². The first-order valence-corrected chi connectivity index (χ1v) is 11.9. The molecule has 3 nitrogen and oxygen atoms in total. The van der Waals surface area contributed by atoms with Crippen LogP contribution in [0.2, 0.25) is 0 Å². The van der Waals surface area contributed by atoms with E-state index in [1.54, 1.807) is 11.9 Å². The van der Waals surface area contributed by atoms with E-state index >= 15 is 0 Å². The third-order valence-electron chi connectivity index (χ3n) is 7.36. The Balaban J connectivity index is 1.84. The zero-order chi connectivity index (χ0) is 24.3. The van der Waals surface area contributed by atoms with Crippen LogP contribution in [0.5, 0.6) is 0 Å². The van der Waals surface area contributed by atoms with Crippen molar-refractivity contribution in [3.63, 3.8) is 0 Å². The van der Waals surface area contributed by atoms with Gasteiger partial charge in [-0.1, -0.05) is 90.5 Å². The lowest BCUT2D eigenvalue weighted by molar-refractivity contribution is -0.120. The zero-order valence-corrected chi connectivity index (χ0v) is 20.0. The van der Waals surface area contributed by atoms with E-state index in [9.17, 15) is 9.59 Å². The highest BCUT2D eigenvalue weighted by Crippen LogP contribution is 2.58. The minimum Gasteiger partial charge on any atom is -0.313 e. The van der Waals surface area contributed by atoms with Crippen molar-refractivity contribution in [2.45, 2.75) is 19.3 Å². The third kappa shape index (κ3) is 2.78. The molecule has 3 heteroatoms. The summed E-state index contributed by atoms with van der Waals surface area (Å²) in [5.74, 6) is -0.371. The van der Waals surface area contributed by atoms with Gasteiger partial charge in [-0.05, 0) is 64.9 Å². The van der Waals surface area contributed by atoms with Crippen molar-refractivity contribution in [3.05, 3.63) is 136 Å². The molecular formula is C32H25NO2. The van der Waals surface area contributed by atoms with Crippen LogP contribution in [-0.4, -0.2) is 18.7 Å². The number of fused-ring (bicyclic) bond motifs is 3. The lowest BCUT2D eigenvalue weighted by Gasteiger charge is -2.40. The monoisotopic (exact) mass is 455 g/mol. The van der Waals surface area contributed by atoms with Gasteiger partial charge in [-0.15, -0.1) is 0 Å². The molecule has 1 amide bonds. The predicted octanol–water partition coefficient (Wildman–Crippen LogP) is 6.37. The minimum absolute atomic E-state index is 0.160. The molecule has 1 atom stereocenters. The van der Waals surface area contributed by atoms with E-state index in [4.69, 9.17) is 0 Å². The van der Waals surface area contributed by atoms with Gasteiger partial charge in [-0.2, -0.15) is 0 Å². The number of rotatable bonds is 2. The summed E-state index contributed by atoms with van der Waals surface area (Å²) in [6.07, 6.45) is 0. The number of nitrogens with zero attached hydrogens (tertiary/aromatic N) is 1. The second-order valence-corrected chi connectivity index (χ2v) is 9.45. The minimum atomic E-state index is -1.46. The molecule has 0 bridgehead atoms. The molecule has 0 aromatic heterocycles. The number of amides is 1. The molecule has 4 aromatic carbocycles. The van der Waals surface area contributed by atoms with E-state index in [-0.39, 0.29) is 11.7 Å². The maximum absolute atomic E-state index is 14.7. The molecule has 2 aliphatic rings. The number of likely N-dealkylation sites (N-methyl/N-ethyl adjacent to an activating group) is 1. The van der Waals surface area contributed by atoms with Gasteiger partial charge in [0.15, 0.2) is 11.2 Å². The van der Waals surface area contributed by atoms with E-state index in [1.807, 2.05) is 85.8 Å². The summed E-state index contributed by atoms with van der Waals surface area (Å²) in [4.78, 5) is 30.9. The van der Waals surface area contributed by atoms with Crippen molar-refractivity contribution >= 4 is 28.5 Å². The number of benzene rings is 4. The summed E-state index contributed by atoms with van der Waals surface area (Å²) in [6, 6.07) is 31.6. The predicted molar refractivity (Wildman–Crippen MR) is 141 cm³/mol. The fraction of sp³-hybridized carbons (Fsp3) is 0.125. The quantitative estimate of drug-likeness (QED) is 0.329. The van der Waals surface area contributed by atoms with Gasteiger partial charge in [0.05, 0.1) is 5.69 Å². The molecule has 1 spiro atoms. The van der Waals surface area contributed by atoms with Crippen LogP contribution in [0.3, 0.4) is 0 Å². The van der Waals surface area contributed by atoms with Crippen LogP contribution in [0.4, 0.5) is 5.69 Å². The Labute approximate surface area is 205 Å². The lowest BCUT2D eigenvalue weighted by atomic mass is 9.66. The summed E-state index contributed by atoms with van der Waals surface area (Å²) in [7, 11) is 1.78. The van der Waals surface area contributed by atoms with Crippen molar-refractivity contribution in [3.8, 4) is 0 Å². The number of ketones is 1. The van der Waals surface area contributed by atoms with Gasteiger partial charge >= 0.3 is 0 Å². The standard InChI is InChI=1S/C32H25NO2/c1-20-18-21(2)27-25(19-20)32(30(34)24-16-10-11-17-26(24)33(3)31(32)35)29(23-14-8-5-9-15-23)28(27)22-12-6-4-7-13-22/h4-19H,1-3H3. The summed E-state index contributed by atoms with van der Waals surface area (Å²) in [5.41, 5.74) is 7.23. The third-order valence-corrected chi connectivity index (χ3v) is 7.36. The molecule has 1 heterocycles. The maximum Gasteiger partial charge on any atom is 0.249 e. The van der Waals surface area contributed by atoms with Gasteiger partial charge in [0.1, 0.15) is 0 Å². The SMILES string of the molecule is Cc1cc(C)c2c(c1)C1(C(=O)c3ccccc3N(C)C1=O)C(c1ccccc1)=C2c1ccccc1. The zero-order valence-electron chi connectivity index (χ0n) is 20.0. The van der Waals surface area contributed by atoms with Crippen LogP contribution in [0.15, 0.2) is 97.1 Å². The van der Waals surface area contributed by atoms with E-state index < -0.39 is 5.41 Å². The van der Waals surface area contributed by atoms with Crippen LogP contribution in [0, 0.1) is 13.8 Å². The topological polar surface area (TPSA) is 37.4 Å². The molecule has 170 valence electrons. The van der Waals surface area contributed by atoms with Crippen LogP contribution in [0.25, 0.3) is 11.1 Å². The Kier molecular flexibility index (Phi) is 4.65. The molecule has 0 fully saturated rings. The highest BCUT2D eigenvalue weighted by atomic mass is 16.2. The Morgan fingerprint density at radius 2 is 1.31 bits per heavy atom. The van der Waals surface area contributed by atoms with Crippen molar-refractivity contribution in [1.29, 1.82) is 0 Å².